The zero-order valence-corrected chi connectivity index (χ0v) is 12.1. The van der Waals surface area contributed by atoms with E-state index in [-0.39, 0.29) is 5.97 Å². The number of rotatable bonds is 6. The fourth-order valence-corrected chi connectivity index (χ4v) is 1.86. The molecule has 0 bridgehead atoms. The molecule has 1 aromatic rings. The van der Waals surface area contributed by atoms with Crippen LogP contribution in [0.2, 0.25) is 0 Å². The molecule has 1 atom stereocenters. The van der Waals surface area contributed by atoms with Crippen molar-refractivity contribution in [3.8, 4) is 5.75 Å². The summed E-state index contributed by atoms with van der Waals surface area (Å²) < 4.78 is 11.0. The second-order valence-electron chi connectivity index (χ2n) is 3.89. The van der Waals surface area contributed by atoms with Gasteiger partial charge < -0.3 is 14.6 Å². The van der Waals surface area contributed by atoms with Crippen molar-refractivity contribution in [1.82, 2.24) is 0 Å². The summed E-state index contributed by atoms with van der Waals surface area (Å²) in [7, 11) is 1.36. The lowest BCUT2D eigenvalue weighted by atomic mass is 10.1. The van der Waals surface area contributed by atoms with Crippen molar-refractivity contribution in [3.63, 3.8) is 0 Å². The Morgan fingerprint density at radius 3 is 2.83 bits per heavy atom. The maximum absolute atomic E-state index is 10.9. The Labute approximate surface area is 115 Å². The highest BCUT2D eigenvalue weighted by Crippen LogP contribution is 2.28. The smallest absolute Gasteiger partial charge is 0.305 e. The second-order valence-corrected chi connectivity index (χ2v) is 4.80. The maximum atomic E-state index is 10.9. The minimum absolute atomic E-state index is 0.245. The average molecular weight is 317 g/mol. The third-order valence-corrected chi connectivity index (χ3v) is 2.93. The lowest BCUT2D eigenvalue weighted by Gasteiger charge is -2.13. The van der Waals surface area contributed by atoms with E-state index in [1.165, 1.54) is 7.11 Å². The molecule has 0 unspecified atom stereocenters. The van der Waals surface area contributed by atoms with E-state index in [4.69, 9.17) is 4.74 Å². The molecule has 0 amide bonds. The van der Waals surface area contributed by atoms with Crippen LogP contribution in [0.25, 0.3) is 0 Å². The molecule has 1 aromatic carbocycles. The van der Waals surface area contributed by atoms with Crippen LogP contribution < -0.4 is 4.74 Å². The third-order valence-electron chi connectivity index (χ3n) is 2.43. The molecule has 0 aliphatic heterocycles. The minimum Gasteiger partial charge on any atom is -0.493 e. The van der Waals surface area contributed by atoms with Crippen LogP contribution in [0, 0.1) is 0 Å². The summed E-state index contributed by atoms with van der Waals surface area (Å²) in [5.41, 5.74) is 0.724. The summed E-state index contributed by atoms with van der Waals surface area (Å²) >= 11 is 3.35. The van der Waals surface area contributed by atoms with Crippen molar-refractivity contribution < 1.29 is 19.4 Å². The molecule has 1 N–H and O–H groups in total. The van der Waals surface area contributed by atoms with Crippen molar-refractivity contribution in [2.45, 2.75) is 25.9 Å². The van der Waals surface area contributed by atoms with Gasteiger partial charge in [0.05, 0.1) is 19.8 Å². The van der Waals surface area contributed by atoms with Crippen LogP contribution >= 0.6 is 15.9 Å². The highest BCUT2D eigenvalue weighted by atomic mass is 79.9. The topological polar surface area (TPSA) is 55.8 Å². The number of aliphatic hydroxyl groups is 1. The first-order valence-corrected chi connectivity index (χ1v) is 6.51. The first kappa shape index (κ1) is 15.0. The molecule has 0 radical (unpaired) electrons. The van der Waals surface area contributed by atoms with Crippen molar-refractivity contribution in [2.75, 3.05) is 13.7 Å². The normalized spacial score (nSPS) is 12.0. The van der Waals surface area contributed by atoms with Crippen LogP contribution in [0.4, 0.5) is 0 Å². The number of halogens is 1. The summed E-state index contributed by atoms with van der Waals surface area (Å²) in [6.07, 6.45) is 0.317. The average Bonchev–Trinajstić information content (AvgIpc) is 2.35. The van der Waals surface area contributed by atoms with Gasteiger partial charge in [-0.15, -0.1) is 0 Å². The van der Waals surface area contributed by atoms with Crippen LogP contribution in [-0.4, -0.2) is 24.8 Å². The van der Waals surface area contributed by atoms with E-state index in [9.17, 15) is 9.90 Å². The quantitative estimate of drug-likeness (QED) is 0.647. The monoisotopic (exact) mass is 316 g/mol. The van der Waals surface area contributed by atoms with E-state index < -0.39 is 6.10 Å². The Balaban J connectivity index is 2.54. The molecule has 5 heteroatoms. The fraction of sp³-hybridized carbons (Fsp3) is 0.462. The van der Waals surface area contributed by atoms with Gasteiger partial charge in [-0.3, -0.25) is 4.79 Å². The van der Waals surface area contributed by atoms with Gasteiger partial charge >= 0.3 is 5.97 Å². The van der Waals surface area contributed by atoms with Crippen molar-refractivity contribution in [1.29, 1.82) is 0 Å². The lowest BCUT2D eigenvalue weighted by molar-refractivity contribution is -0.140. The molecule has 0 fully saturated rings. The van der Waals surface area contributed by atoms with Gasteiger partial charge in [-0.2, -0.15) is 0 Å². The number of hydrogen-bond donors (Lipinski definition) is 1. The molecule has 0 spiro atoms. The van der Waals surface area contributed by atoms with E-state index in [0.29, 0.717) is 25.2 Å². The molecule has 100 valence electrons. The SMILES string of the molecule is COC(=O)CCCOc1ccc(Br)cc1[C@H](C)O. The molecule has 0 aromatic heterocycles. The van der Waals surface area contributed by atoms with E-state index in [0.717, 1.165) is 10.0 Å². The van der Waals surface area contributed by atoms with Gasteiger partial charge in [0, 0.05) is 16.5 Å². The molecule has 1 rings (SSSR count). The van der Waals surface area contributed by atoms with Crippen LogP contribution in [0.3, 0.4) is 0 Å². The van der Waals surface area contributed by atoms with E-state index >= 15 is 0 Å². The Morgan fingerprint density at radius 2 is 2.22 bits per heavy atom. The largest absolute Gasteiger partial charge is 0.493 e. The predicted octanol–water partition coefficient (Wildman–Crippen LogP) is 2.83. The number of methoxy groups -OCH3 is 1. The Bertz CT molecular complexity index is 404. The van der Waals surface area contributed by atoms with Crippen LogP contribution in [0.15, 0.2) is 22.7 Å². The third kappa shape index (κ3) is 4.66. The molecule has 4 nitrogen and oxygen atoms in total. The number of carbonyl (C=O) groups excluding carboxylic acids is 1. The van der Waals surface area contributed by atoms with Gasteiger partial charge in [-0.25, -0.2) is 0 Å². The number of benzene rings is 1. The van der Waals surface area contributed by atoms with Crippen LogP contribution in [0.1, 0.15) is 31.4 Å². The Morgan fingerprint density at radius 1 is 1.50 bits per heavy atom. The highest BCUT2D eigenvalue weighted by molar-refractivity contribution is 9.10. The van der Waals surface area contributed by atoms with Gasteiger partial charge in [0.25, 0.3) is 0 Å². The van der Waals surface area contributed by atoms with Gasteiger partial charge in [0.1, 0.15) is 5.75 Å². The first-order valence-electron chi connectivity index (χ1n) is 5.71. The van der Waals surface area contributed by atoms with Gasteiger partial charge in [0.15, 0.2) is 0 Å². The summed E-state index contributed by atoms with van der Waals surface area (Å²) in [6, 6.07) is 5.46. The molecule has 18 heavy (non-hydrogen) atoms. The highest BCUT2D eigenvalue weighted by Gasteiger charge is 2.10. The van der Waals surface area contributed by atoms with Crippen molar-refractivity contribution >= 4 is 21.9 Å². The molecular formula is C13H17BrO4. The molecule has 0 saturated heterocycles. The molecule has 0 saturated carbocycles. The molecule has 0 aliphatic carbocycles. The Kier molecular flexibility index (Phi) is 6.15. The number of esters is 1. The number of aliphatic hydroxyl groups excluding tert-OH is 1. The number of ether oxygens (including phenoxy) is 2. The fourth-order valence-electron chi connectivity index (χ4n) is 1.48. The molecule has 0 aliphatic rings. The summed E-state index contributed by atoms with van der Waals surface area (Å²) in [4.78, 5) is 10.9. The van der Waals surface area contributed by atoms with E-state index in [2.05, 4.69) is 20.7 Å². The summed E-state index contributed by atoms with van der Waals surface area (Å²) in [6.45, 7) is 2.10. The minimum atomic E-state index is -0.599. The van der Waals surface area contributed by atoms with Crippen molar-refractivity contribution in [3.05, 3.63) is 28.2 Å². The first-order chi connectivity index (χ1) is 8.54. The zero-order chi connectivity index (χ0) is 13.5. The predicted molar refractivity (Wildman–Crippen MR) is 71.5 cm³/mol. The van der Waals surface area contributed by atoms with E-state index in [1.807, 2.05) is 12.1 Å². The van der Waals surface area contributed by atoms with Crippen LogP contribution in [-0.2, 0) is 9.53 Å². The Hall–Kier alpha value is -1.07. The molecular weight excluding hydrogens is 300 g/mol. The van der Waals surface area contributed by atoms with Gasteiger partial charge in [0.2, 0.25) is 0 Å². The number of hydrogen-bond acceptors (Lipinski definition) is 4. The second kappa shape index (κ2) is 7.38. The number of carbonyl (C=O) groups is 1. The lowest BCUT2D eigenvalue weighted by Crippen LogP contribution is -2.06. The van der Waals surface area contributed by atoms with Gasteiger partial charge in [-0.05, 0) is 31.5 Å². The zero-order valence-electron chi connectivity index (χ0n) is 10.5. The summed E-state index contributed by atoms with van der Waals surface area (Å²) in [5.74, 6) is 0.392. The standard InChI is InChI=1S/C13H17BrO4/c1-9(15)11-8-10(14)5-6-12(11)18-7-3-4-13(16)17-2/h5-6,8-9,15H,3-4,7H2,1-2H3/t9-/m0/s1. The molecule has 0 heterocycles. The van der Waals surface area contributed by atoms with Crippen molar-refractivity contribution in [2.24, 2.45) is 0 Å². The van der Waals surface area contributed by atoms with E-state index in [1.54, 1.807) is 13.0 Å². The maximum Gasteiger partial charge on any atom is 0.305 e. The summed E-state index contributed by atoms with van der Waals surface area (Å²) in [5, 5.41) is 9.64. The van der Waals surface area contributed by atoms with Gasteiger partial charge in [-0.1, -0.05) is 15.9 Å². The van der Waals surface area contributed by atoms with Crippen LogP contribution in [0.5, 0.6) is 5.75 Å².